The molecule has 1 unspecified atom stereocenters. The van der Waals surface area contributed by atoms with Crippen LogP contribution in [0.5, 0.6) is 0 Å². The van der Waals surface area contributed by atoms with Gasteiger partial charge >= 0.3 is 0 Å². The number of hydrogen-bond acceptors (Lipinski definition) is 1. The summed E-state index contributed by atoms with van der Waals surface area (Å²) in [7, 11) is 0. The highest BCUT2D eigenvalue weighted by Crippen LogP contribution is 2.31. The van der Waals surface area contributed by atoms with Crippen LogP contribution in [-0.4, -0.2) is 0 Å². The van der Waals surface area contributed by atoms with Gasteiger partial charge in [-0.3, -0.25) is 0 Å². The van der Waals surface area contributed by atoms with Crippen LogP contribution in [-0.2, 0) is 6.42 Å². The summed E-state index contributed by atoms with van der Waals surface area (Å²) in [4.78, 5) is 0.248. The molecule has 1 heterocycles. The van der Waals surface area contributed by atoms with Crippen LogP contribution in [0, 0.1) is 20.8 Å². The van der Waals surface area contributed by atoms with Crippen molar-refractivity contribution in [1.29, 1.82) is 0 Å². The molecule has 0 bridgehead atoms. The molecule has 17 heavy (non-hydrogen) atoms. The van der Waals surface area contributed by atoms with Gasteiger partial charge in [-0.15, -0.1) is 0 Å². The molecule has 0 fully saturated rings. The van der Waals surface area contributed by atoms with E-state index in [1.165, 1.54) is 22.3 Å². The Hall–Kier alpha value is -1.02. The van der Waals surface area contributed by atoms with Crippen molar-refractivity contribution in [2.24, 2.45) is 0 Å². The molecule has 0 aliphatic heterocycles. The normalized spacial score (nSPS) is 12.7. The Kier molecular flexibility index (Phi) is 3.72. The number of benzene rings is 1. The average molecular weight is 293 g/mol. The van der Waals surface area contributed by atoms with Crippen molar-refractivity contribution >= 4 is 15.9 Å². The highest BCUT2D eigenvalue weighted by molar-refractivity contribution is 9.09. The van der Waals surface area contributed by atoms with Crippen molar-refractivity contribution < 1.29 is 4.42 Å². The SMILES string of the molecule is Cc1ccc(C)c(CC(Br)c2occc2C)c1. The molecule has 0 aliphatic rings. The van der Waals surface area contributed by atoms with Crippen LogP contribution in [0.3, 0.4) is 0 Å². The van der Waals surface area contributed by atoms with Crippen LogP contribution in [0.15, 0.2) is 34.9 Å². The quantitative estimate of drug-likeness (QED) is 0.735. The van der Waals surface area contributed by atoms with Crippen molar-refractivity contribution in [3.05, 3.63) is 58.5 Å². The van der Waals surface area contributed by atoms with Crippen LogP contribution in [0.2, 0.25) is 0 Å². The Morgan fingerprint density at radius 2 is 1.88 bits per heavy atom. The predicted octanol–water partition coefficient (Wildman–Crippen LogP) is 4.88. The van der Waals surface area contributed by atoms with Crippen LogP contribution < -0.4 is 0 Å². The first-order valence-corrected chi connectivity index (χ1v) is 6.73. The fourth-order valence-corrected chi connectivity index (χ4v) is 2.83. The number of rotatable bonds is 3. The Morgan fingerprint density at radius 1 is 1.12 bits per heavy atom. The van der Waals surface area contributed by atoms with Gasteiger partial charge in [0, 0.05) is 0 Å². The zero-order valence-electron chi connectivity index (χ0n) is 10.5. The zero-order valence-corrected chi connectivity index (χ0v) is 12.0. The van der Waals surface area contributed by atoms with E-state index in [-0.39, 0.29) is 4.83 Å². The molecule has 0 amide bonds. The molecule has 1 aromatic carbocycles. The van der Waals surface area contributed by atoms with Crippen LogP contribution in [0.4, 0.5) is 0 Å². The highest BCUT2D eigenvalue weighted by atomic mass is 79.9. The Morgan fingerprint density at radius 3 is 2.53 bits per heavy atom. The number of hydrogen-bond donors (Lipinski definition) is 0. The monoisotopic (exact) mass is 292 g/mol. The van der Waals surface area contributed by atoms with Gasteiger partial charge in [-0.05, 0) is 49.9 Å². The second-order valence-corrected chi connectivity index (χ2v) is 5.67. The minimum atomic E-state index is 0.248. The van der Waals surface area contributed by atoms with E-state index in [1.54, 1.807) is 6.26 Å². The molecule has 1 atom stereocenters. The Bertz CT molecular complexity index is 513. The first kappa shape index (κ1) is 12.4. The summed E-state index contributed by atoms with van der Waals surface area (Å²) in [5, 5.41) is 0. The van der Waals surface area contributed by atoms with Gasteiger partial charge in [-0.2, -0.15) is 0 Å². The lowest BCUT2D eigenvalue weighted by atomic mass is 10.00. The molecule has 1 nitrogen and oxygen atoms in total. The number of alkyl halides is 1. The van der Waals surface area contributed by atoms with Crippen molar-refractivity contribution in [2.45, 2.75) is 32.0 Å². The van der Waals surface area contributed by atoms with Gasteiger partial charge < -0.3 is 4.42 Å². The first-order chi connectivity index (χ1) is 8.08. The predicted molar refractivity (Wildman–Crippen MR) is 74.7 cm³/mol. The molecule has 2 rings (SSSR count). The molecule has 0 saturated carbocycles. The maximum absolute atomic E-state index is 5.52. The maximum atomic E-state index is 5.52. The minimum absolute atomic E-state index is 0.248. The Balaban J connectivity index is 2.21. The summed E-state index contributed by atoms with van der Waals surface area (Å²) in [6.07, 6.45) is 2.71. The molecule has 0 spiro atoms. The Labute approximate surface area is 111 Å². The van der Waals surface area contributed by atoms with Crippen molar-refractivity contribution in [1.82, 2.24) is 0 Å². The fraction of sp³-hybridized carbons (Fsp3) is 0.333. The van der Waals surface area contributed by atoms with Crippen molar-refractivity contribution in [3.63, 3.8) is 0 Å². The highest BCUT2D eigenvalue weighted by Gasteiger charge is 2.15. The van der Waals surface area contributed by atoms with E-state index < -0.39 is 0 Å². The topological polar surface area (TPSA) is 13.1 Å². The van der Waals surface area contributed by atoms with Gasteiger partial charge in [0.15, 0.2) is 0 Å². The van der Waals surface area contributed by atoms with Crippen LogP contribution >= 0.6 is 15.9 Å². The van der Waals surface area contributed by atoms with E-state index in [2.05, 4.69) is 54.9 Å². The summed E-state index contributed by atoms with van der Waals surface area (Å²) in [6, 6.07) is 8.59. The summed E-state index contributed by atoms with van der Waals surface area (Å²) >= 11 is 3.72. The summed E-state index contributed by atoms with van der Waals surface area (Å²) in [6.45, 7) is 6.37. The molecule has 90 valence electrons. The van der Waals surface area contributed by atoms with Gasteiger partial charge in [0.05, 0.1) is 11.1 Å². The lowest BCUT2D eigenvalue weighted by Crippen LogP contribution is -1.98. The molecule has 0 radical (unpaired) electrons. The maximum Gasteiger partial charge on any atom is 0.120 e. The van der Waals surface area contributed by atoms with Gasteiger partial charge in [-0.1, -0.05) is 39.7 Å². The standard InChI is InChI=1S/C15H17BrO/c1-10-4-5-11(2)13(8-10)9-14(16)15-12(3)6-7-17-15/h4-8,14H,9H2,1-3H3. The molecule has 0 saturated heterocycles. The molecular weight excluding hydrogens is 276 g/mol. The van der Waals surface area contributed by atoms with Gasteiger partial charge in [-0.25, -0.2) is 0 Å². The van der Waals surface area contributed by atoms with Crippen molar-refractivity contribution in [3.8, 4) is 0 Å². The molecule has 0 aliphatic carbocycles. The lowest BCUT2D eigenvalue weighted by molar-refractivity contribution is 0.504. The van der Waals surface area contributed by atoms with Gasteiger partial charge in [0.1, 0.15) is 5.76 Å². The fourth-order valence-electron chi connectivity index (χ4n) is 2.01. The minimum Gasteiger partial charge on any atom is -0.468 e. The van der Waals surface area contributed by atoms with E-state index in [9.17, 15) is 0 Å². The summed E-state index contributed by atoms with van der Waals surface area (Å²) in [5.41, 5.74) is 5.23. The smallest absolute Gasteiger partial charge is 0.120 e. The van der Waals surface area contributed by atoms with Crippen LogP contribution in [0.1, 0.15) is 32.8 Å². The third kappa shape index (κ3) is 2.81. The molecule has 0 N–H and O–H groups in total. The number of aryl methyl sites for hydroxylation is 3. The van der Waals surface area contributed by atoms with Gasteiger partial charge in [0.25, 0.3) is 0 Å². The van der Waals surface area contributed by atoms with Crippen molar-refractivity contribution in [2.75, 3.05) is 0 Å². The molecule has 1 aromatic heterocycles. The number of halogens is 1. The second kappa shape index (κ2) is 5.09. The third-order valence-electron chi connectivity index (χ3n) is 3.09. The summed E-state index contributed by atoms with van der Waals surface area (Å²) < 4.78 is 5.52. The summed E-state index contributed by atoms with van der Waals surface area (Å²) in [5.74, 6) is 1.03. The number of furan rings is 1. The zero-order chi connectivity index (χ0) is 12.4. The second-order valence-electron chi connectivity index (χ2n) is 4.57. The van der Waals surface area contributed by atoms with E-state index in [0.717, 1.165) is 12.2 Å². The largest absolute Gasteiger partial charge is 0.468 e. The third-order valence-corrected chi connectivity index (χ3v) is 3.83. The molecule has 2 heteroatoms. The molecule has 2 aromatic rings. The van der Waals surface area contributed by atoms with Gasteiger partial charge in [0.2, 0.25) is 0 Å². The van der Waals surface area contributed by atoms with E-state index in [4.69, 9.17) is 4.42 Å². The van der Waals surface area contributed by atoms with Crippen LogP contribution in [0.25, 0.3) is 0 Å². The molecular formula is C15H17BrO. The first-order valence-electron chi connectivity index (χ1n) is 5.82. The average Bonchev–Trinajstić information content (AvgIpc) is 2.70. The lowest BCUT2D eigenvalue weighted by Gasteiger charge is -2.11. The van der Waals surface area contributed by atoms with E-state index in [1.807, 2.05) is 6.07 Å². The van der Waals surface area contributed by atoms with E-state index in [0.29, 0.717) is 0 Å². The van der Waals surface area contributed by atoms with E-state index >= 15 is 0 Å².